The molecule has 0 N–H and O–H groups in total. The SMILES string of the molecule is CCCCCCCCCCCCCCN(CCCCCCCCCCCCCC)c1ccc(-c2ccc(/C=C/c3ccc([N+](=O)[O-])c(C#N)c3)cc2)cc1. The van der Waals surface area contributed by atoms with Gasteiger partial charge in [0, 0.05) is 24.8 Å². The van der Waals surface area contributed by atoms with E-state index in [1.165, 1.54) is 177 Å². The molecular formula is C49H71N3O2. The molecule has 0 spiro atoms. The maximum Gasteiger partial charge on any atom is 0.287 e. The highest BCUT2D eigenvalue weighted by molar-refractivity contribution is 5.74. The molecule has 0 aliphatic heterocycles. The molecule has 3 rings (SSSR count). The Kier molecular flexibility index (Phi) is 23.5. The lowest BCUT2D eigenvalue weighted by atomic mass is 10.0. The fourth-order valence-corrected chi connectivity index (χ4v) is 7.41. The third-order valence-electron chi connectivity index (χ3n) is 10.8. The van der Waals surface area contributed by atoms with Crippen molar-refractivity contribution in [2.75, 3.05) is 18.0 Å². The van der Waals surface area contributed by atoms with Crippen LogP contribution in [0.15, 0.2) is 66.7 Å². The molecule has 0 atom stereocenters. The van der Waals surface area contributed by atoms with Gasteiger partial charge in [0.25, 0.3) is 5.69 Å². The molecule has 0 fully saturated rings. The van der Waals surface area contributed by atoms with Crippen LogP contribution in [0.25, 0.3) is 23.3 Å². The van der Waals surface area contributed by atoms with Gasteiger partial charge >= 0.3 is 0 Å². The lowest BCUT2D eigenvalue weighted by Crippen LogP contribution is -2.25. The predicted octanol–water partition coefficient (Wildman–Crippen LogP) is 15.5. The van der Waals surface area contributed by atoms with Crippen LogP contribution in [0.2, 0.25) is 0 Å². The van der Waals surface area contributed by atoms with E-state index < -0.39 is 4.92 Å². The van der Waals surface area contributed by atoms with E-state index >= 15 is 0 Å². The predicted molar refractivity (Wildman–Crippen MR) is 233 cm³/mol. The van der Waals surface area contributed by atoms with Gasteiger partial charge < -0.3 is 4.90 Å². The highest BCUT2D eigenvalue weighted by Gasteiger charge is 2.13. The largest absolute Gasteiger partial charge is 0.372 e. The highest BCUT2D eigenvalue weighted by atomic mass is 16.6. The molecule has 0 bridgehead atoms. The number of unbranched alkanes of at least 4 members (excludes halogenated alkanes) is 22. The number of benzene rings is 3. The molecule has 0 radical (unpaired) electrons. The van der Waals surface area contributed by atoms with Crippen LogP contribution in [0.4, 0.5) is 11.4 Å². The minimum Gasteiger partial charge on any atom is -0.372 e. The number of rotatable bonds is 31. The van der Waals surface area contributed by atoms with Crippen LogP contribution in [0.5, 0.6) is 0 Å². The van der Waals surface area contributed by atoms with Gasteiger partial charge in [0.05, 0.1) is 4.92 Å². The van der Waals surface area contributed by atoms with Crippen LogP contribution in [0.1, 0.15) is 185 Å². The Bertz CT molecular complexity index is 1460. The summed E-state index contributed by atoms with van der Waals surface area (Å²) in [5.74, 6) is 0. The third kappa shape index (κ3) is 18.4. The van der Waals surface area contributed by atoms with Crippen LogP contribution >= 0.6 is 0 Å². The Morgan fingerprint density at radius 3 is 1.31 bits per heavy atom. The van der Waals surface area contributed by atoms with Gasteiger partial charge in [0.2, 0.25) is 0 Å². The second-order valence-electron chi connectivity index (χ2n) is 15.4. The lowest BCUT2D eigenvalue weighted by Gasteiger charge is -2.25. The van der Waals surface area contributed by atoms with Crippen molar-refractivity contribution in [2.24, 2.45) is 0 Å². The molecule has 0 saturated heterocycles. The molecule has 3 aromatic rings. The summed E-state index contributed by atoms with van der Waals surface area (Å²) in [6, 6.07) is 24.2. The first-order valence-electron chi connectivity index (χ1n) is 21.9. The van der Waals surface area contributed by atoms with E-state index in [9.17, 15) is 15.4 Å². The molecule has 0 aliphatic rings. The van der Waals surface area contributed by atoms with E-state index in [2.05, 4.69) is 67.3 Å². The summed E-state index contributed by atoms with van der Waals surface area (Å²) < 4.78 is 0. The molecule has 5 heteroatoms. The molecule has 0 amide bonds. The molecule has 0 heterocycles. The van der Waals surface area contributed by atoms with Gasteiger partial charge in [-0.25, -0.2) is 0 Å². The summed E-state index contributed by atoms with van der Waals surface area (Å²) in [7, 11) is 0. The smallest absolute Gasteiger partial charge is 0.287 e. The summed E-state index contributed by atoms with van der Waals surface area (Å²) in [6.07, 6.45) is 37.0. The van der Waals surface area contributed by atoms with Crippen molar-refractivity contribution in [3.05, 3.63) is 93.5 Å². The first-order valence-corrected chi connectivity index (χ1v) is 21.9. The topological polar surface area (TPSA) is 70.2 Å². The maximum absolute atomic E-state index is 11.2. The highest BCUT2D eigenvalue weighted by Crippen LogP contribution is 2.26. The Labute approximate surface area is 329 Å². The molecular weight excluding hydrogens is 663 g/mol. The lowest BCUT2D eigenvalue weighted by molar-refractivity contribution is -0.385. The molecule has 0 saturated carbocycles. The van der Waals surface area contributed by atoms with Crippen molar-refractivity contribution in [2.45, 2.75) is 168 Å². The van der Waals surface area contributed by atoms with Gasteiger partial charge in [-0.2, -0.15) is 5.26 Å². The van der Waals surface area contributed by atoms with E-state index in [1.54, 1.807) is 12.1 Å². The molecule has 0 unspecified atom stereocenters. The van der Waals surface area contributed by atoms with Gasteiger partial charge in [-0.05, 0) is 59.4 Å². The molecule has 5 nitrogen and oxygen atoms in total. The monoisotopic (exact) mass is 734 g/mol. The molecule has 0 aliphatic carbocycles. The summed E-state index contributed by atoms with van der Waals surface area (Å²) >= 11 is 0. The van der Waals surface area contributed by atoms with Crippen molar-refractivity contribution in [1.82, 2.24) is 0 Å². The minimum atomic E-state index is -0.519. The first-order chi connectivity index (χ1) is 26.5. The van der Waals surface area contributed by atoms with Crippen LogP contribution in [0, 0.1) is 21.4 Å². The van der Waals surface area contributed by atoms with Crippen LogP contribution in [-0.2, 0) is 0 Å². The fourth-order valence-electron chi connectivity index (χ4n) is 7.41. The van der Waals surface area contributed by atoms with Gasteiger partial charge in [-0.15, -0.1) is 0 Å². The zero-order valence-corrected chi connectivity index (χ0v) is 34.0. The summed E-state index contributed by atoms with van der Waals surface area (Å²) in [6.45, 7) is 6.86. The Hall–Kier alpha value is -3.91. The number of nitriles is 1. The number of hydrogen-bond donors (Lipinski definition) is 0. The number of anilines is 1. The normalized spacial score (nSPS) is 11.3. The summed E-state index contributed by atoms with van der Waals surface area (Å²) in [5, 5.41) is 20.5. The minimum absolute atomic E-state index is 0.0719. The quantitative estimate of drug-likeness (QED) is 0.0286. The van der Waals surface area contributed by atoms with Gasteiger partial charge in [-0.3, -0.25) is 10.1 Å². The average molecular weight is 734 g/mol. The van der Waals surface area contributed by atoms with Crippen LogP contribution < -0.4 is 4.90 Å². The average Bonchev–Trinajstić information content (AvgIpc) is 3.20. The first kappa shape index (κ1) is 44.5. The Morgan fingerprint density at radius 2 is 0.907 bits per heavy atom. The van der Waals surface area contributed by atoms with E-state index in [0.717, 1.165) is 24.2 Å². The molecule has 0 aromatic heterocycles. The summed E-state index contributed by atoms with van der Waals surface area (Å²) in [4.78, 5) is 13.3. The van der Waals surface area contributed by atoms with E-state index in [0.29, 0.717) is 0 Å². The molecule has 54 heavy (non-hydrogen) atoms. The molecule has 3 aromatic carbocycles. The Morgan fingerprint density at radius 1 is 0.537 bits per heavy atom. The fraction of sp³-hybridized carbons (Fsp3) is 0.571. The van der Waals surface area contributed by atoms with Crippen molar-refractivity contribution in [1.29, 1.82) is 5.26 Å². The molecule has 294 valence electrons. The Balaban J connectivity index is 1.48. The van der Waals surface area contributed by atoms with Crippen molar-refractivity contribution in [3.63, 3.8) is 0 Å². The number of nitrogens with zero attached hydrogens (tertiary/aromatic N) is 3. The van der Waals surface area contributed by atoms with Crippen LogP contribution in [-0.4, -0.2) is 18.0 Å². The van der Waals surface area contributed by atoms with Gasteiger partial charge in [0.1, 0.15) is 11.6 Å². The third-order valence-corrected chi connectivity index (χ3v) is 10.8. The van der Waals surface area contributed by atoms with Crippen molar-refractivity contribution in [3.8, 4) is 17.2 Å². The van der Waals surface area contributed by atoms with E-state index in [1.807, 2.05) is 18.2 Å². The second kappa shape index (κ2) is 28.5. The standard InChI is InChI=1S/C49H71N3O2/c1-3-5-7-9-11-13-15-17-19-21-23-25-39-51(40-26-24-22-20-18-16-14-12-10-8-6-4-2)48-36-34-46(35-37-48)45-32-29-43(30-33-45)27-28-44-31-38-49(52(53)54)47(41-44)42-50/h27-38,41H,3-26,39-40H2,1-2H3/b28-27+. The van der Waals surface area contributed by atoms with Crippen LogP contribution in [0.3, 0.4) is 0 Å². The van der Waals surface area contributed by atoms with Crippen molar-refractivity contribution >= 4 is 23.5 Å². The maximum atomic E-state index is 11.2. The number of nitro benzene ring substituents is 1. The van der Waals surface area contributed by atoms with Gasteiger partial charge in [0.15, 0.2) is 0 Å². The second-order valence-corrected chi connectivity index (χ2v) is 15.4. The number of nitro groups is 1. The zero-order chi connectivity index (χ0) is 38.5. The van der Waals surface area contributed by atoms with Gasteiger partial charge in [-0.1, -0.05) is 204 Å². The summed E-state index contributed by atoms with van der Waals surface area (Å²) in [5.41, 5.74) is 5.42. The zero-order valence-electron chi connectivity index (χ0n) is 34.0. The van der Waals surface area contributed by atoms with E-state index in [4.69, 9.17) is 0 Å². The van der Waals surface area contributed by atoms with Crippen molar-refractivity contribution < 1.29 is 4.92 Å². The van der Waals surface area contributed by atoms with E-state index in [-0.39, 0.29) is 11.3 Å². The number of hydrogen-bond acceptors (Lipinski definition) is 4.